The van der Waals surface area contributed by atoms with E-state index in [1.807, 2.05) is 30.3 Å². The lowest BCUT2D eigenvalue weighted by Gasteiger charge is -2.21. The van der Waals surface area contributed by atoms with Crippen LogP contribution in [0.1, 0.15) is 52.8 Å². The predicted octanol–water partition coefficient (Wildman–Crippen LogP) is 4.27. The van der Waals surface area contributed by atoms with Gasteiger partial charge in [-0.05, 0) is 29.2 Å². The molecule has 4 rings (SSSR count). The molecule has 8 heteroatoms. The molecule has 4 atom stereocenters. The van der Waals surface area contributed by atoms with E-state index < -0.39 is 12.2 Å². The highest BCUT2D eigenvalue weighted by Crippen LogP contribution is 2.31. The molecule has 0 radical (unpaired) electrons. The Morgan fingerprint density at radius 1 is 0.970 bits per heavy atom. The van der Waals surface area contributed by atoms with Crippen LogP contribution in [0.15, 0.2) is 36.5 Å². The lowest BCUT2D eigenvalue weighted by Crippen LogP contribution is -2.38. The summed E-state index contributed by atoms with van der Waals surface area (Å²) in [6.45, 7) is 13.5. The van der Waals surface area contributed by atoms with Gasteiger partial charge in [0.2, 0.25) is 5.95 Å². The first-order valence-electron chi connectivity index (χ1n) is 11.4. The fraction of sp³-hybridized carbons (Fsp3) is 0.560. The molecule has 1 aromatic carbocycles. The third-order valence-electron chi connectivity index (χ3n) is 6.00. The van der Waals surface area contributed by atoms with Gasteiger partial charge in [-0.15, -0.1) is 0 Å². The second kappa shape index (κ2) is 8.91. The highest BCUT2D eigenvalue weighted by atomic mass is 16.6. The van der Waals surface area contributed by atoms with E-state index in [9.17, 15) is 4.79 Å². The first-order chi connectivity index (χ1) is 15.5. The number of benzene rings is 1. The first-order valence-corrected chi connectivity index (χ1v) is 11.4. The molecule has 4 unspecified atom stereocenters. The average molecular weight is 455 g/mol. The summed E-state index contributed by atoms with van der Waals surface area (Å²) in [4.78, 5) is 21.4. The first kappa shape index (κ1) is 23.4. The number of anilines is 2. The number of amides is 1. The molecule has 0 spiro atoms. The zero-order valence-electron chi connectivity index (χ0n) is 20.2. The van der Waals surface area contributed by atoms with Crippen molar-refractivity contribution >= 4 is 17.7 Å². The number of carbonyl (C=O) groups excluding carboxylic acids is 1. The van der Waals surface area contributed by atoms with Gasteiger partial charge >= 0.3 is 6.09 Å². The summed E-state index contributed by atoms with van der Waals surface area (Å²) in [6, 6.07) is 9.59. The fourth-order valence-corrected chi connectivity index (χ4v) is 4.04. The van der Waals surface area contributed by atoms with Gasteiger partial charge in [-0.1, -0.05) is 53.7 Å². The highest BCUT2D eigenvalue weighted by Gasteiger charge is 2.49. The summed E-state index contributed by atoms with van der Waals surface area (Å²) in [6.07, 6.45) is 0.188. The normalized spacial score (nSPS) is 24.9. The predicted molar refractivity (Wildman–Crippen MR) is 127 cm³/mol. The van der Waals surface area contributed by atoms with Gasteiger partial charge in [0, 0.05) is 17.3 Å². The zero-order chi connectivity index (χ0) is 23.8. The molecule has 2 saturated heterocycles. The largest absolute Gasteiger partial charge is 0.441 e. The lowest BCUT2D eigenvalue weighted by molar-refractivity contribution is 0.00917. The molecular formula is C25H34N4O4. The Hall–Kier alpha value is -2.71. The van der Waals surface area contributed by atoms with Crippen LogP contribution in [0.2, 0.25) is 0 Å². The minimum absolute atomic E-state index is 0.0543. The van der Waals surface area contributed by atoms with Crippen molar-refractivity contribution < 1.29 is 19.0 Å². The third-order valence-corrected chi connectivity index (χ3v) is 6.00. The summed E-state index contributed by atoms with van der Waals surface area (Å²) in [5, 5.41) is 6.12. The van der Waals surface area contributed by atoms with E-state index in [0.717, 1.165) is 5.69 Å². The van der Waals surface area contributed by atoms with Gasteiger partial charge in [0.1, 0.15) is 12.2 Å². The van der Waals surface area contributed by atoms with E-state index in [4.69, 9.17) is 14.2 Å². The zero-order valence-corrected chi connectivity index (χ0v) is 20.2. The number of ether oxygens (including phenoxy) is 3. The summed E-state index contributed by atoms with van der Waals surface area (Å²) in [7, 11) is 0. The number of carbonyl (C=O) groups is 1. The molecule has 2 fully saturated rings. The molecule has 0 bridgehead atoms. The maximum Gasteiger partial charge on any atom is 0.412 e. The fourth-order valence-electron chi connectivity index (χ4n) is 4.04. The van der Waals surface area contributed by atoms with Crippen molar-refractivity contribution in [3.8, 4) is 0 Å². The third kappa shape index (κ3) is 5.45. The Morgan fingerprint density at radius 2 is 1.67 bits per heavy atom. The Balaban J connectivity index is 1.32. The SMILES string of the molecule is CC(C)(C)c1ccc(NC(=O)OC2COC3C(Nc4nccc(C(C)(C)C)n4)COC23)cc1. The van der Waals surface area contributed by atoms with E-state index in [0.29, 0.717) is 18.2 Å². The van der Waals surface area contributed by atoms with Crippen molar-refractivity contribution in [2.24, 2.45) is 0 Å². The molecule has 1 aromatic heterocycles. The van der Waals surface area contributed by atoms with Gasteiger partial charge in [0.15, 0.2) is 6.10 Å². The van der Waals surface area contributed by atoms with Gasteiger partial charge in [0.25, 0.3) is 0 Å². The quantitative estimate of drug-likeness (QED) is 0.712. The van der Waals surface area contributed by atoms with Crippen LogP contribution < -0.4 is 10.6 Å². The average Bonchev–Trinajstić information content (AvgIpc) is 3.31. The Labute approximate surface area is 195 Å². The standard InChI is InChI=1S/C25H34N4O4/c1-24(2,3)15-7-9-16(10-8-15)27-23(30)33-18-14-32-20-17(13-31-21(18)20)28-22-26-12-11-19(29-22)25(4,5)6/h7-12,17-18,20-21H,13-14H2,1-6H3,(H,27,30)(H,26,28,29). The van der Waals surface area contributed by atoms with E-state index >= 15 is 0 Å². The molecule has 0 aliphatic carbocycles. The minimum Gasteiger partial charge on any atom is -0.441 e. The van der Waals surface area contributed by atoms with Gasteiger partial charge in [-0.2, -0.15) is 0 Å². The number of fused-ring (bicyclic) bond motifs is 1. The molecule has 2 aliphatic rings. The molecular weight excluding hydrogens is 420 g/mol. The van der Waals surface area contributed by atoms with E-state index in [1.165, 1.54) is 5.56 Å². The van der Waals surface area contributed by atoms with Crippen molar-refractivity contribution in [1.29, 1.82) is 0 Å². The van der Waals surface area contributed by atoms with Crippen molar-refractivity contribution in [3.05, 3.63) is 47.8 Å². The second-order valence-corrected chi connectivity index (χ2v) is 10.8. The number of hydrogen-bond acceptors (Lipinski definition) is 7. The van der Waals surface area contributed by atoms with Crippen LogP contribution in [0.5, 0.6) is 0 Å². The summed E-state index contributed by atoms with van der Waals surface area (Å²) >= 11 is 0. The molecule has 33 heavy (non-hydrogen) atoms. The number of nitrogens with one attached hydrogen (secondary N) is 2. The van der Waals surface area contributed by atoms with Crippen LogP contribution in [0, 0.1) is 0 Å². The maximum atomic E-state index is 12.5. The van der Waals surface area contributed by atoms with Gasteiger partial charge in [0.05, 0.1) is 24.9 Å². The van der Waals surface area contributed by atoms with Crippen LogP contribution in [-0.4, -0.2) is 53.6 Å². The van der Waals surface area contributed by atoms with E-state index in [2.05, 4.69) is 62.1 Å². The Morgan fingerprint density at radius 3 is 2.33 bits per heavy atom. The Bertz CT molecular complexity index is 981. The smallest absolute Gasteiger partial charge is 0.412 e. The van der Waals surface area contributed by atoms with Gasteiger partial charge in [-0.3, -0.25) is 5.32 Å². The number of hydrogen-bond donors (Lipinski definition) is 2. The molecule has 3 heterocycles. The monoisotopic (exact) mass is 454 g/mol. The van der Waals surface area contributed by atoms with Crippen LogP contribution in [0.25, 0.3) is 0 Å². The van der Waals surface area contributed by atoms with E-state index in [1.54, 1.807) is 6.20 Å². The second-order valence-electron chi connectivity index (χ2n) is 10.8. The summed E-state index contributed by atoms with van der Waals surface area (Å²) < 4.78 is 17.5. The molecule has 0 saturated carbocycles. The molecule has 2 aliphatic heterocycles. The van der Waals surface area contributed by atoms with Crippen LogP contribution in [0.4, 0.5) is 16.4 Å². The minimum atomic E-state index is -0.519. The van der Waals surface area contributed by atoms with Gasteiger partial charge < -0.3 is 19.5 Å². The van der Waals surface area contributed by atoms with Crippen LogP contribution in [0.3, 0.4) is 0 Å². The summed E-state index contributed by atoms with van der Waals surface area (Å²) in [5.41, 5.74) is 2.82. The van der Waals surface area contributed by atoms with Crippen molar-refractivity contribution in [2.75, 3.05) is 23.8 Å². The van der Waals surface area contributed by atoms with Crippen molar-refractivity contribution in [1.82, 2.24) is 9.97 Å². The molecule has 1 amide bonds. The molecule has 2 N–H and O–H groups in total. The number of aromatic nitrogens is 2. The highest BCUT2D eigenvalue weighted by molar-refractivity contribution is 5.84. The topological polar surface area (TPSA) is 94.6 Å². The van der Waals surface area contributed by atoms with E-state index in [-0.39, 0.29) is 35.7 Å². The Kier molecular flexibility index (Phi) is 6.33. The van der Waals surface area contributed by atoms with Crippen molar-refractivity contribution in [2.45, 2.75) is 76.7 Å². The molecule has 8 nitrogen and oxygen atoms in total. The molecule has 2 aromatic rings. The van der Waals surface area contributed by atoms with Crippen molar-refractivity contribution in [3.63, 3.8) is 0 Å². The summed E-state index contributed by atoms with van der Waals surface area (Å²) in [5.74, 6) is 0.543. The molecule has 178 valence electrons. The van der Waals surface area contributed by atoms with Crippen LogP contribution in [-0.2, 0) is 25.0 Å². The van der Waals surface area contributed by atoms with Gasteiger partial charge in [-0.25, -0.2) is 14.8 Å². The lowest BCUT2D eigenvalue weighted by atomic mass is 9.87. The number of nitrogens with zero attached hydrogens (tertiary/aromatic N) is 2. The maximum absolute atomic E-state index is 12.5. The van der Waals surface area contributed by atoms with Crippen LogP contribution >= 0.6 is 0 Å². The number of rotatable bonds is 4.